The van der Waals surface area contributed by atoms with Gasteiger partial charge < -0.3 is 14.5 Å². The van der Waals surface area contributed by atoms with Gasteiger partial charge in [-0.25, -0.2) is 4.98 Å². The Labute approximate surface area is 153 Å². The third kappa shape index (κ3) is 4.50. The molecule has 8 nitrogen and oxygen atoms in total. The highest BCUT2D eigenvalue weighted by molar-refractivity contribution is 5.93. The zero-order valence-electron chi connectivity index (χ0n) is 15.9. The SMILES string of the molecule is Cc1oc(-c2cnn(C)c2)nc1C(=O)NC[C@@H]1CN(CC(C)C)CCO1. The van der Waals surface area contributed by atoms with Gasteiger partial charge in [-0.2, -0.15) is 5.10 Å². The van der Waals surface area contributed by atoms with E-state index < -0.39 is 0 Å². The molecule has 0 bridgehead atoms. The standard InChI is InChI=1S/C18H27N5O3/c1-12(2)9-23-5-6-25-15(11-23)8-19-17(24)16-13(3)26-18(21-16)14-7-20-22(4)10-14/h7,10,12,15H,5-6,8-9,11H2,1-4H3,(H,19,24)/t15-/m1/s1. The zero-order chi connectivity index (χ0) is 18.7. The fraction of sp³-hybridized carbons (Fsp3) is 0.611. The van der Waals surface area contributed by atoms with Gasteiger partial charge in [0.1, 0.15) is 5.76 Å². The first kappa shape index (κ1) is 18.6. The number of hydrogen-bond acceptors (Lipinski definition) is 6. The molecule has 1 aliphatic rings. The normalized spacial score (nSPS) is 18.4. The maximum atomic E-state index is 12.5. The largest absolute Gasteiger partial charge is 0.440 e. The first-order chi connectivity index (χ1) is 12.4. The van der Waals surface area contributed by atoms with E-state index in [0.717, 1.165) is 25.2 Å². The van der Waals surface area contributed by atoms with Crippen LogP contribution in [0.5, 0.6) is 0 Å². The second kappa shape index (κ2) is 8.01. The molecule has 142 valence electrons. The Hall–Kier alpha value is -2.19. The summed E-state index contributed by atoms with van der Waals surface area (Å²) in [5, 5.41) is 7.02. The number of nitrogens with zero attached hydrogens (tertiary/aromatic N) is 4. The molecule has 1 atom stereocenters. The van der Waals surface area contributed by atoms with Crippen molar-refractivity contribution in [2.24, 2.45) is 13.0 Å². The molecule has 1 amide bonds. The van der Waals surface area contributed by atoms with Gasteiger partial charge in [0.25, 0.3) is 5.91 Å². The minimum absolute atomic E-state index is 0.00329. The van der Waals surface area contributed by atoms with Crippen LogP contribution in [0.2, 0.25) is 0 Å². The monoisotopic (exact) mass is 361 g/mol. The maximum absolute atomic E-state index is 12.5. The molecule has 1 fully saturated rings. The highest BCUT2D eigenvalue weighted by Gasteiger charge is 2.23. The molecule has 3 rings (SSSR count). The molecule has 0 spiro atoms. The van der Waals surface area contributed by atoms with E-state index in [0.29, 0.717) is 36.4 Å². The lowest BCUT2D eigenvalue weighted by molar-refractivity contribution is -0.0295. The van der Waals surface area contributed by atoms with Crippen LogP contribution in [-0.2, 0) is 11.8 Å². The molecule has 2 aromatic rings. The van der Waals surface area contributed by atoms with E-state index in [9.17, 15) is 4.79 Å². The molecule has 8 heteroatoms. The van der Waals surface area contributed by atoms with Gasteiger partial charge >= 0.3 is 0 Å². The van der Waals surface area contributed by atoms with Crippen molar-refractivity contribution in [2.75, 3.05) is 32.8 Å². The van der Waals surface area contributed by atoms with Gasteiger partial charge in [0.05, 0.1) is 24.5 Å². The number of ether oxygens (including phenoxy) is 1. The van der Waals surface area contributed by atoms with Crippen molar-refractivity contribution >= 4 is 5.91 Å². The predicted molar refractivity (Wildman–Crippen MR) is 96.8 cm³/mol. The van der Waals surface area contributed by atoms with Crippen molar-refractivity contribution in [3.05, 3.63) is 23.8 Å². The quantitative estimate of drug-likeness (QED) is 0.839. The Balaban J connectivity index is 1.57. The van der Waals surface area contributed by atoms with Crippen LogP contribution in [0.4, 0.5) is 0 Å². The maximum Gasteiger partial charge on any atom is 0.273 e. The van der Waals surface area contributed by atoms with Crippen molar-refractivity contribution in [1.82, 2.24) is 25.0 Å². The number of hydrogen-bond donors (Lipinski definition) is 1. The number of aryl methyl sites for hydroxylation is 2. The van der Waals surface area contributed by atoms with E-state index in [1.54, 1.807) is 24.0 Å². The molecular formula is C18H27N5O3. The molecule has 1 aliphatic heterocycles. The number of morpholine rings is 1. The fourth-order valence-electron chi connectivity index (χ4n) is 3.14. The average molecular weight is 361 g/mol. The van der Waals surface area contributed by atoms with E-state index in [1.165, 1.54) is 0 Å². The van der Waals surface area contributed by atoms with E-state index in [4.69, 9.17) is 9.15 Å². The molecule has 3 heterocycles. The van der Waals surface area contributed by atoms with Crippen molar-refractivity contribution in [3.8, 4) is 11.5 Å². The lowest BCUT2D eigenvalue weighted by Crippen LogP contribution is -2.48. The molecular weight excluding hydrogens is 334 g/mol. The van der Waals surface area contributed by atoms with Crippen LogP contribution < -0.4 is 5.32 Å². The van der Waals surface area contributed by atoms with E-state index in [1.807, 2.05) is 7.05 Å². The number of rotatable bonds is 6. The van der Waals surface area contributed by atoms with Gasteiger partial charge in [-0.05, 0) is 12.8 Å². The molecule has 0 saturated carbocycles. The molecule has 0 unspecified atom stereocenters. The first-order valence-corrected chi connectivity index (χ1v) is 9.01. The molecule has 2 aromatic heterocycles. The third-order valence-corrected chi connectivity index (χ3v) is 4.30. The fourth-order valence-corrected chi connectivity index (χ4v) is 3.14. The summed E-state index contributed by atoms with van der Waals surface area (Å²) in [6, 6.07) is 0. The second-order valence-electron chi connectivity index (χ2n) is 7.18. The van der Waals surface area contributed by atoms with Crippen molar-refractivity contribution in [3.63, 3.8) is 0 Å². The summed E-state index contributed by atoms with van der Waals surface area (Å²) >= 11 is 0. The summed E-state index contributed by atoms with van der Waals surface area (Å²) < 4.78 is 13.1. The van der Waals surface area contributed by atoms with Crippen LogP contribution in [0.25, 0.3) is 11.5 Å². The average Bonchev–Trinajstić information content (AvgIpc) is 3.18. The molecule has 26 heavy (non-hydrogen) atoms. The van der Waals surface area contributed by atoms with E-state index in [-0.39, 0.29) is 12.0 Å². The molecule has 1 saturated heterocycles. The minimum Gasteiger partial charge on any atom is -0.440 e. The molecule has 0 aromatic carbocycles. The van der Waals surface area contributed by atoms with Crippen molar-refractivity contribution in [2.45, 2.75) is 26.9 Å². The van der Waals surface area contributed by atoms with Gasteiger partial charge in [-0.3, -0.25) is 14.4 Å². The van der Waals surface area contributed by atoms with Crippen LogP contribution >= 0.6 is 0 Å². The van der Waals surface area contributed by atoms with Crippen LogP contribution in [0.1, 0.15) is 30.1 Å². The number of nitrogens with one attached hydrogen (secondary N) is 1. The number of aromatic nitrogens is 3. The van der Waals surface area contributed by atoms with Gasteiger partial charge in [0.15, 0.2) is 5.69 Å². The summed E-state index contributed by atoms with van der Waals surface area (Å²) in [5.74, 6) is 1.27. The Morgan fingerprint density at radius 1 is 1.46 bits per heavy atom. The van der Waals surface area contributed by atoms with Gasteiger partial charge in [0, 0.05) is 39.4 Å². The van der Waals surface area contributed by atoms with Crippen LogP contribution in [0, 0.1) is 12.8 Å². The summed E-state index contributed by atoms with van der Waals surface area (Å²) in [6.07, 6.45) is 3.45. The summed E-state index contributed by atoms with van der Waals surface area (Å²) in [5.41, 5.74) is 1.05. The predicted octanol–water partition coefficient (Wildman–Crippen LogP) is 1.47. The van der Waals surface area contributed by atoms with E-state index >= 15 is 0 Å². The molecule has 0 radical (unpaired) electrons. The topological polar surface area (TPSA) is 85.4 Å². The van der Waals surface area contributed by atoms with Crippen LogP contribution in [0.15, 0.2) is 16.8 Å². The van der Waals surface area contributed by atoms with E-state index in [2.05, 4.69) is 34.1 Å². The lowest BCUT2D eigenvalue weighted by atomic mass is 10.2. The summed E-state index contributed by atoms with van der Waals surface area (Å²) in [6.45, 7) is 10.1. The second-order valence-corrected chi connectivity index (χ2v) is 7.18. The smallest absolute Gasteiger partial charge is 0.273 e. The highest BCUT2D eigenvalue weighted by atomic mass is 16.5. The third-order valence-electron chi connectivity index (χ3n) is 4.30. The lowest BCUT2D eigenvalue weighted by Gasteiger charge is -2.33. The van der Waals surface area contributed by atoms with Gasteiger partial charge in [-0.1, -0.05) is 13.8 Å². The number of carbonyl (C=O) groups is 1. The zero-order valence-corrected chi connectivity index (χ0v) is 15.9. The number of oxazole rings is 1. The van der Waals surface area contributed by atoms with Gasteiger partial charge in [0.2, 0.25) is 5.89 Å². The number of carbonyl (C=O) groups excluding carboxylic acids is 1. The Morgan fingerprint density at radius 3 is 2.96 bits per heavy atom. The first-order valence-electron chi connectivity index (χ1n) is 9.01. The van der Waals surface area contributed by atoms with Crippen molar-refractivity contribution in [1.29, 1.82) is 0 Å². The van der Waals surface area contributed by atoms with Gasteiger partial charge in [-0.15, -0.1) is 0 Å². The van der Waals surface area contributed by atoms with Crippen LogP contribution in [-0.4, -0.2) is 64.5 Å². The van der Waals surface area contributed by atoms with Crippen molar-refractivity contribution < 1.29 is 13.9 Å². The Kier molecular flexibility index (Phi) is 5.73. The molecule has 0 aliphatic carbocycles. The molecule has 1 N–H and O–H groups in total. The highest BCUT2D eigenvalue weighted by Crippen LogP contribution is 2.21. The Morgan fingerprint density at radius 2 is 2.27 bits per heavy atom. The summed E-state index contributed by atoms with van der Waals surface area (Å²) in [7, 11) is 1.82. The number of amides is 1. The van der Waals surface area contributed by atoms with Crippen LogP contribution in [0.3, 0.4) is 0 Å². The Bertz CT molecular complexity index is 752. The minimum atomic E-state index is -0.244. The summed E-state index contributed by atoms with van der Waals surface area (Å²) in [4.78, 5) is 19.2.